The first kappa shape index (κ1) is 45.5. The molecule has 0 saturated heterocycles. The molecule has 5 aromatic rings. The summed E-state index contributed by atoms with van der Waals surface area (Å²) in [6.07, 6.45) is 2.24. The van der Waals surface area contributed by atoms with Crippen LogP contribution in [0.4, 0.5) is 0 Å². The molecule has 4 atom stereocenters. The number of hydrazone groups is 1. The molecule has 324 valence electrons. The summed E-state index contributed by atoms with van der Waals surface area (Å²) < 4.78 is 5.90. The van der Waals surface area contributed by atoms with Crippen molar-refractivity contribution < 1.29 is 33.7 Å². The molecule has 0 aliphatic heterocycles. The smallest absolute Gasteiger partial charge is 0.266 e. The number of amides is 4. The van der Waals surface area contributed by atoms with E-state index in [1.165, 1.54) is 13.8 Å². The zero-order chi connectivity index (χ0) is 44.4. The maximum absolute atomic E-state index is 14.3. The van der Waals surface area contributed by atoms with Crippen molar-refractivity contribution in [3.8, 4) is 5.75 Å². The lowest BCUT2D eigenvalue weighted by molar-refractivity contribution is -0.485. The normalized spacial score (nSPS) is 13.2. The number of fused-ring (bicyclic) bond motifs is 1. The Balaban J connectivity index is 1.33. The lowest BCUT2D eigenvalue weighted by atomic mass is 10.0. The van der Waals surface area contributed by atoms with Crippen molar-refractivity contribution in [3.05, 3.63) is 148 Å². The molecule has 62 heavy (non-hydrogen) atoms. The van der Waals surface area contributed by atoms with E-state index in [9.17, 15) is 34.1 Å². The van der Waals surface area contributed by atoms with Crippen LogP contribution in [0.2, 0.25) is 0 Å². The number of hydrogen-bond acceptors (Lipinski definition) is 8. The lowest BCUT2D eigenvalue weighted by Gasteiger charge is -2.26. The second-order valence-electron chi connectivity index (χ2n) is 14.7. The number of nitrogens with one attached hydrogen (secondary N) is 6. The Morgan fingerprint density at radius 3 is 1.87 bits per heavy atom. The molecule has 17 nitrogen and oxygen atoms in total. The van der Waals surface area contributed by atoms with Crippen LogP contribution < -0.4 is 37.1 Å². The van der Waals surface area contributed by atoms with E-state index < -0.39 is 58.8 Å². The lowest BCUT2D eigenvalue weighted by Crippen LogP contribution is -2.58. The molecule has 4 aromatic carbocycles. The van der Waals surface area contributed by atoms with Gasteiger partial charge < -0.3 is 42.0 Å². The molecule has 0 saturated carbocycles. The Morgan fingerprint density at radius 2 is 1.24 bits per heavy atom. The number of nitro groups is 1. The highest BCUT2D eigenvalue weighted by molar-refractivity contribution is 5.96. The molecule has 5 rings (SSSR count). The number of ether oxygens (including phenoxy) is 1. The average molecular weight is 846 g/mol. The van der Waals surface area contributed by atoms with Gasteiger partial charge in [-0.2, -0.15) is 0 Å². The molecule has 0 unspecified atom stereocenters. The van der Waals surface area contributed by atoms with Gasteiger partial charge >= 0.3 is 0 Å². The van der Waals surface area contributed by atoms with E-state index in [0.29, 0.717) is 17.9 Å². The zero-order valence-electron chi connectivity index (χ0n) is 34.5. The van der Waals surface area contributed by atoms with Crippen molar-refractivity contribution in [1.29, 1.82) is 0 Å². The molecule has 17 heteroatoms. The van der Waals surface area contributed by atoms with Crippen molar-refractivity contribution in [2.24, 2.45) is 10.8 Å². The minimum absolute atomic E-state index is 0.000390. The van der Waals surface area contributed by atoms with Gasteiger partial charge in [0.1, 0.15) is 35.6 Å². The Bertz CT molecular complexity index is 2340. The predicted molar refractivity (Wildman–Crippen MR) is 233 cm³/mol. The summed E-state index contributed by atoms with van der Waals surface area (Å²) in [5, 5.41) is 27.4. The minimum atomic E-state index is -1.23. The van der Waals surface area contributed by atoms with Crippen LogP contribution in [0.15, 0.2) is 120 Å². The molecule has 0 aliphatic carbocycles. The number of carbonyl (C=O) groups excluding carboxylic acids is 5. The highest BCUT2D eigenvalue weighted by Crippen LogP contribution is 2.20. The number of H-pyrrole nitrogens is 1. The van der Waals surface area contributed by atoms with Crippen LogP contribution in [0.3, 0.4) is 0 Å². The highest BCUT2D eigenvalue weighted by Gasteiger charge is 2.31. The number of hydrogen-bond donors (Lipinski definition) is 7. The molecular weight excluding hydrogens is 795 g/mol. The monoisotopic (exact) mass is 845 g/mol. The molecule has 0 aliphatic rings. The Labute approximate surface area is 358 Å². The third-order valence-corrected chi connectivity index (χ3v) is 9.93. The van der Waals surface area contributed by atoms with E-state index in [2.05, 4.69) is 36.7 Å². The summed E-state index contributed by atoms with van der Waals surface area (Å²) in [6, 6.07) is 28.8. The quantitative estimate of drug-likeness (QED) is 0.0176. The number of Topliss-reactive ketones (excluding diaryl/α,β-unsaturated/α-hetero) is 1. The van der Waals surface area contributed by atoms with E-state index in [1.807, 2.05) is 54.6 Å². The van der Waals surface area contributed by atoms with Crippen molar-refractivity contribution in [1.82, 2.24) is 31.6 Å². The van der Waals surface area contributed by atoms with Gasteiger partial charge in [0.05, 0.1) is 6.04 Å². The van der Waals surface area contributed by atoms with Gasteiger partial charge in [-0.1, -0.05) is 91.0 Å². The highest BCUT2D eigenvalue weighted by atomic mass is 16.7. The number of nitrogens with zero attached hydrogens (tertiary/aromatic N) is 2. The molecule has 0 spiro atoms. The number of aromatic nitrogens is 1. The summed E-state index contributed by atoms with van der Waals surface area (Å²) in [6.45, 7) is 3.07. The number of nitrogens with two attached hydrogens (primary N) is 1. The minimum Gasteiger partial charge on any atom is -0.489 e. The molecule has 0 fully saturated rings. The first-order valence-corrected chi connectivity index (χ1v) is 20.1. The molecule has 0 bridgehead atoms. The largest absolute Gasteiger partial charge is 0.489 e. The average Bonchev–Trinajstić information content (AvgIpc) is 3.66. The number of para-hydroxylation sites is 1. The van der Waals surface area contributed by atoms with Gasteiger partial charge in [-0.05, 0) is 60.2 Å². The second kappa shape index (κ2) is 22.7. The molecule has 0 radical (unpaired) electrons. The van der Waals surface area contributed by atoms with Gasteiger partial charge in [0.25, 0.3) is 5.96 Å². The third kappa shape index (κ3) is 14.3. The molecular formula is C45H51N9O8. The maximum Gasteiger partial charge on any atom is 0.266 e. The Kier molecular flexibility index (Phi) is 16.7. The van der Waals surface area contributed by atoms with Crippen LogP contribution >= 0.6 is 0 Å². The fourth-order valence-electron chi connectivity index (χ4n) is 6.76. The van der Waals surface area contributed by atoms with Crippen molar-refractivity contribution >= 4 is 46.3 Å². The topological polar surface area (TPSA) is 252 Å². The summed E-state index contributed by atoms with van der Waals surface area (Å²) in [5.41, 5.74) is 9.67. The first-order chi connectivity index (χ1) is 29.8. The maximum atomic E-state index is 14.3. The van der Waals surface area contributed by atoms with E-state index in [4.69, 9.17) is 10.5 Å². The second-order valence-corrected chi connectivity index (χ2v) is 14.7. The number of ketones is 1. The van der Waals surface area contributed by atoms with Crippen LogP contribution in [0, 0.1) is 10.1 Å². The number of guanidine groups is 1. The van der Waals surface area contributed by atoms with Crippen LogP contribution in [-0.2, 0) is 49.8 Å². The van der Waals surface area contributed by atoms with E-state index in [0.717, 1.165) is 27.6 Å². The number of carbonyl (C=O) groups is 5. The van der Waals surface area contributed by atoms with E-state index in [-0.39, 0.29) is 44.4 Å². The summed E-state index contributed by atoms with van der Waals surface area (Å²) in [7, 11) is 0. The van der Waals surface area contributed by atoms with Crippen LogP contribution in [0.5, 0.6) is 5.75 Å². The Morgan fingerprint density at radius 1 is 0.694 bits per heavy atom. The Hall–Kier alpha value is -7.56. The number of rotatable bonds is 22. The summed E-state index contributed by atoms with van der Waals surface area (Å²) in [5.74, 6) is -2.60. The van der Waals surface area contributed by atoms with Gasteiger partial charge in [0.15, 0.2) is 10.8 Å². The van der Waals surface area contributed by atoms with Crippen LogP contribution in [-0.4, -0.2) is 76.1 Å². The molecule has 4 amide bonds. The van der Waals surface area contributed by atoms with Crippen molar-refractivity contribution in [3.63, 3.8) is 0 Å². The molecule has 1 heterocycles. The number of aromatic amines is 1. The van der Waals surface area contributed by atoms with E-state index >= 15 is 0 Å². The third-order valence-electron chi connectivity index (χ3n) is 9.93. The van der Waals surface area contributed by atoms with Gasteiger partial charge in [-0.3, -0.25) is 24.0 Å². The summed E-state index contributed by atoms with van der Waals surface area (Å²) in [4.78, 5) is 81.5. The van der Waals surface area contributed by atoms with Crippen molar-refractivity contribution in [2.45, 2.75) is 76.7 Å². The fourth-order valence-corrected chi connectivity index (χ4v) is 6.76. The summed E-state index contributed by atoms with van der Waals surface area (Å²) >= 11 is 0. The van der Waals surface area contributed by atoms with Crippen LogP contribution in [0.1, 0.15) is 48.9 Å². The molecule has 8 N–H and O–H groups in total. The van der Waals surface area contributed by atoms with Crippen LogP contribution in [0.25, 0.3) is 10.9 Å². The first-order valence-electron chi connectivity index (χ1n) is 20.1. The van der Waals surface area contributed by atoms with Gasteiger partial charge in [0.2, 0.25) is 23.6 Å². The van der Waals surface area contributed by atoms with Gasteiger partial charge in [0, 0.05) is 49.8 Å². The van der Waals surface area contributed by atoms with Gasteiger partial charge in [-0.15, -0.1) is 0 Å². The van der Waals surface area contributed by atoms with Crippen molar-refractivity contribution in [2.75, 3.05) is 6.54 Å². The predicted octanol–water partition coefficient (Wildman–Crippen LogP) is 3.20. The zero-order valence-corrected chi connectivity index (χ0v) is 34.5. The van der Waals surface area contributed by atoms with E-state index in [1.54, 1.807) is 60.8 Å². The van der Waals surface area contributed by atoms with Gasteiger partial charge in [-0.25, -0.2) is 10.1 Å². The standard InChI is InChI=1S/C45H51N9O8/c1-29(55)39(26-34-27-48-37-17-10-9-16-36(34)37)51-42(57)38(18-11-23-47-45(46)53-54(60)61)50-44(59)41(24-31-12-5-3-6-13-31)52-43(58)40(49-30(2)56)25-32-19-21-35(22-20-32)62-28-33-14-7-4-8-15-33/h3-10,12-17,19-22,27,38-41,48H,11,18,23-26,28H2,1-2H3,(H,49,56)(H,50,59)(H,51,57)(H,52,58)(H3,46,47,53)/t38-,39-,40-,41+/m0/s1. The number of benzene rings is 4. The molecule has 1 aromatic heterocycles. The fraction of sp³-hybridized carbons (Fsp3) is 0.289. The SMILES string of the molecule is CC(=O)N[C@@H](Cc1ccc(OCc2ccccc2)cc1)C(=O)N[C@H](Cc1ccccc1)C(=O)N[C@@H](CCCN/C(N)=N/[N+](=O)[O-])C(=O)N[C@@H](Cc1c[nH]c2ccccc12)C(C)=O.